The number of rotatable bonds is 4. The molecule has 78 valence electrons. The molecule has 0 aromatic rings. The lowest BCUT2D eigenvalue weighted by molar-refractivity contribution is 0.310. The summed E-state index contributed by atoms with van der Waals surface area (Å²) in [5, 5.41) is 0. The van der Waals surface area contributed by atoms with Crippen LogP contribution in [0.3, 0.4) is 0 Å². The quantitative estimate of drug-likeness (QED) is 0.711. The monoisotopic (exact) mass is 183 g/mol. The first-order chi connectivity index (χ1) is 6.20. The van der Waals surface area contributed by atoms with E-state index in [1.807, 2.05) is 0 Å². The van der Waals surface area contributed by atoms with Crippen LogP contribution in [-0.4, -0.2) is 6.04 Å². The van der Waals surface area contributed by atoms with Gasteiger partial charge in [-0.25, -0.2) is 0 Å². The second kappa shape index (κ2) is 5.64. The van der Waals surface area contributed by atoms with Crippen molar-refractivity contribution in [2.45, 2.75) is 64.8 Å². The zero-order valence-corrected chi connectivity index (χ0v) is 9.26. The Labute approximate surface area is 83.1 Å². The van der Waals surface area contributed by atoms with Crippen LogP contribution in [0.1, 0.15) is 58.8 Å². The molecule has 0 amide bonds. The van der Waals surface area contributed by atoms with Crippen LogP contribution in [0.25, 0.3) is 0 Å². The van der Waals surface area contributed by atoms with E-state index in [4.69, 9.17) is 5.73 Å². The molecule has 0 heterocycles. The highest BCUT2D eigenvalue weighted by Gasteiger charge is 2.15. The van der Waals surface area contributed by atoms with E-state index in [0.717, 1.165) is 5.92 Å². The summed E-state index contributed by atoms with van der Waals surface area (Å²) in [6.07, 6.45) is 9.92. The van der Waals surface area contributed by atoms with Crippen LogP contribution in [-0.2, 0) is 0 Å². The fourth-order valence-electron chi connectivity index (χ4n) is 2.24. The first-order valence-corrected chi connectivity index (χ1v) is 5.95. The van der Waals surface area contributed by atoms with Crippen LogP contribution in [0.4, 0.5) is 0 Å². The van der Waals surface area contributed by atoms with E-state index >= 15 is 0 Å². The third-order valence-corrected chi connectivity index (χ3v) is 3.49. The summed E-state index contributed by atoms with van der Waals surface area (Å²) in [6, 6.07) is 0.432. The molecular formula is C12H25N. The van der Waals surface area contributed by atoms with Crippen molar-refractivity contribution in [1.82, 2.24) is 0 Å². The molecule has 0 aromatic heterocycles. The Morgan fingerprint density at radius 2 is 1.77 bits per heavy atom. The number of nitrogens with two attached hydrogens (primary N) is 1. The highest BCUT2D eigenvalue weighted by Crippen LogP contribution is 2.28. The molecule has 0 saturated heterocycles. The maximum Gasteiger partial charge on any atom is 0.00619 e. The Morgan fingerprint density at radius 3 is 2.31 bits per heavy atom. The van der Waals surface area contributed by atoms with Crippen molar-refractivity contribution in [2.75, 3.05) is 0 Å². The molecule has 1 saturated carbocycles. The van der Waals surface area contributed by atoms with Crippen LogP contribution in [0.15, 0.2) is 0 Å². The first-order valence-electron chi connectivity index (χ1n) is 5.95. The van der Waals surface area contributed by atoms with Gasteiger partial charge in [0.1, 0.15) is 0 Å². The Hall–Kier alpha value is -0.0400. The lowest BCUT2D eigenvalue weighted by Crippen LogP contribution is -2.27. The third-order valence-electron chi connectivity index (χ3n) is 3.49. The van der Waals surface area contributed by atoms with Crippen molar-refractivity contribution in [3.8, 4) is 0 Å². The Kier molecular flexibility index (Phi) is 4.79. The van der Waals surface area contributed by atoms with E-state index in [1.54, 1.807) is 0 Å². The van der Waals surface area contributed by atoms with Crippen molar-refractivity contribution in [2.24, 2.45) is 17.6 Å². The van der Waals surface area contributed by atoms with Gasteiger partial charge >= 0.3 is 0 Å². The van der Waals surface area contributed by atoms with Gasteiger partial charge in [-0.1, -0.05) is 46.0 Å². The smallest absolute Gasteiger partial charge is 0.00619 e. The summed E-state index contributed by atoms with van der Waals surface area (Å²) in [5.74, 6) is 1.65. The Balaban J connectivity index is 2.10. The van der Waals surface area contributed by atoms with Gasteiger partial charge in [0, 0.05) is 6.04 Å². The molecule has 0 aromatic carbocycles. The summed E-state index contributed by atoms with van der Waals surface area (Å²) in [7, 11) is 0. The molecular weight excluding hydrogens is 158 g/mol. The average molecular weight is 183 g/mol. The minimum absolute atomic E-state index is 0.432. The molecule has 1 atom stereocenters. The summed E-state index contributed by atoms with van der Waals surface area (Å²) in [6.45, 7) is 4.46. The Bertz CT molecular complexity index is 125. The van der Waals surface area contributed by atoms with Gasteiger partial charge in [-0.15, -0.1) is 0 Å². The molecule has 1 rings (SSSR count). The van der Waals surface area contributed by atoms with Crippen LogP contribution in [0, 0.1) is 11.8 Å². The first kappa shape index (κ1) is 11.0. The van der Waals surface area contributed by atoms with Crippen LogP contribution in [0.2, 0.25) is 0 Å². The maximum atomic E-state index is 6.03. The van der Waals surface area contributed by atoms with Crippen molar-refractivity contribution in [3.63, 3.8) is 0 Å². The van der Waals surface area contributed by atoms with Gasteiger partial charge in [0.15, 0.2) is 0 Å². The number of hydrogen-bond acceptors (Lipinski definition) is 1. The highest BCUT2D eigenvalue weighted by molar-refractivity contribution is 4.71. The van der Waals surface area contributed by atoms with E-state index in [9.17, 15) is 0 Å². The van der Waals surface area contributed by atoms with Crippen LogP contribution in [0.5, 0.6) is 0 Å². The summed E-state index contributed by atoms with van der Waals surface area (Å²) in [5.41, 5.74) is 6.03. The zero-order chi connectivity index (χ0) is 9.68. The molecule has 0 aliphatic heterocycles. The van der Waals surface area contributed by atoms with E-state index in [0.29, 0.717) is 12.0 Å². The Morgan fingerprint density at radius 1 is 1.15 bits per heavy atom. The van der Waals surface area contributed by atoms with Gasteiger partial charge < -0.3 is 5.73 Å². The normalized spacial score (nSPS) is 22.2. The lowest BCUT2D eigenvalue weighted by Gasteiger charge is -2.24. The van der Waals surface area contributed by atoms with Crippen LogP contribution >= 0.6 is 0 Å². The van der Waals surface area contributed by atoms with Gasteiger partial charge in [0.25, 0.3) is 0 Å². The molecule has 1 heteroatoms. The highest BCUT2D eigenvalue weighted by atomic mass is 14.6. The molecule has 0 bridgehead atoms. The van der Waals surface area contributed by atoms with Crippen molar-refractivity contribution < 1.29 is 0 Å². The zero-order valence-electron chi connectivity index (χ0n) is 9.26. The van der Waals surface area contributed by atoms with E-state index in [-0.39, 0.29) is 0 Å². The molecule has 0 spiro atoms. The fourth-order valence-corrected chi connectivity index (χ4v) is 2.24. The minimum atomic E-state index is 0.432. The van der Waals surface area contributed by atoms with E-state index in [2.05, 4.69) is 13.8 Å². The molecule has 2 N–H and O–H groups in total. The van der Waals surface area contributed by atoms with Crippen molar-refractivity contribution >= 4 is 0 Å². The second-order valence-electron chi connectivity index (χ2n) is 4.99. The maximum absolute atomic E-state index is 6.03. The summed E-state index contributed by atoms with van der Waals surface area (Å²) >= 11 is 0. The summed E-state index contributed by atoms with van der Waals surface area (Å²) in [4.78, 5) is 0. The van der Waals surface area contributed by atoms with Crippen molar-refractivity contribution in [1.29, 1.82) is 0 Å². The van der Waals surface area contributed by atoms with Gasteiger partial charge in [0.2, 0.25) is 0 Å². The summed E-state index contributed by atoms with van der Waals surface area (Å²) < 4.78 is 0. The van der Waals surface area contributed by atoms with Crippen molar-refractivity contribution in [3.05, 3.63) is 0 Å². The second-order valence-corrected chi connectivity index (χ2v) is 4.99. The average Bonchev–Trinajstić information content (AvgIpc) is 2.15. The SMILES string of the molecule is CC(C)C(N)CCC1CCCCC1. The number of hydrogen-bond donors (Lipinski definition) is 1. The van der Waals surface area contributed by atoms with Gasteiger partial charge in [-0.2, -0.15) is 0 Å². The predicted molar refractivity (Wildman–Crippen MR) is 58.6 cm³/mol. The topological polar surface area (TPSA) is 26.0 Å². The fraction of sp³-hybridized carbons (Fsp3) is 1.00. The largest absolute Gasteiger partial charge is 0.327 e. The molecule has 0 radical (unpaired) electrons. The predicted octanol–water partition coefficient (Wildman–Crippen LogP) is 3.33. The molecule has 1 nitrogen and oxygen atoms in total. The van der Waals surface area contributed by atoms with Crippen LogP contribution < -0.4 is 5.73 Å². The minimum Gasteiger partial charge on any atom is -0.327 e. The van der Waals surface area contributed by atoms with E-state index in [1.165, 1.54) is 44.9 Å². The lowest BCUT2D eigenvalue weighted by atomic mass is 9.84. The standard InChI is InChI=1S/C12H25N/c1-10(2)12(13)9-8-11-6-4-3-5-7-11/h10-12H,3-9,13H2,1-2H3. The van der Waals surface area contributed by atoms with Gasteiger partial charge in [-0.3, -0.25) is 0 Å². The molecule has 1 aliphatic rings. The van der Waals surface area contributed by atoms with Gasteiger partial charge in [-0.05, 0) is 24.7 Å². The third kappa shape index (κ3) is 4.12. The molecule has 1 fully saturated rings. The molecule has 13 heavy (non-hydrogen) atoms. The van der Waals surface area contributed by atoms with Gasteiger partial charge in [0.05, 0.1) is 0 Å². The van der Waals surface area contributed by atoms with E-state index < -0.39 is 0 Å². The molecule has 1 unspecified atom stereocenters. The molecule has 1 aliphatic carbocycles.